The van der Waals surface area contributed by atoms with Gasteiger partial charge in [0.25, 0.3) is 0 Å². The highest BCUT2D eigenvalue weighted by Crippen LogP contribution is 2.29. The third-order valence-electron chi connectivity index (χ3n) is 2.44. The number of thiophene rings is 1. The Hall–Kier alpha value is -0.550. The van der Waals surface area contributed by atoms with E-state index < -0.39 is 6.10 Å². The van der Waals surface area contributed by atoms with Crippen molar-refractivity contribution in [2.45, 2.75) is 19.6 Å². The SMILES string of the molecule is C[C@H](O)c1ccc(OCc2ccc(Br)s2)c(Cl)c1. The fourth-order valence-electron chi connectivity index (χ4n) is 1.47. The average molecular weight is 348 g/mol. The normalized spacial score (nSPS) is 12.4. The standard InChI is InChI=1S/C13H12BrClO2S/c1-8(16)9-2-4-12(11(15)6-9)17-7-10-3-5-13(14)18-10/h2-6,8,16H,7H2,1H3/t8-/m0/s1. The van der Waals surface area contributed by atoms with Crippen LogP contribution in [0.25, 0.3) is 0 Å². The molecule has 0 saturated carbocycles. The molecule has 2 nitrogen and oxygen atoms in total. The van der Waals surface area contributed by atoms with Crippen LogP contribution in [0, 0.1) is 0 Å². The first-order valence-corrected chi connectivity index (χ1v) is 7.39. The molecule has 96 valence electrons. The Morgan fingerprint density at radius 1 is 1.39 bits per heavy atom. The second-order valence-electron chi connectivity index (χ2n) is 3.86. The smallest absolute Gasteiger partial charge is 0.138 e. The molecule has 0 amide bonds. The first-order valence-electron chi connectivity index (χ1n) is 5.41. The van der Waals surface area contributed by atoms with E-state index in [0.717, 1.165) is 14.2 Å². The lowest BCUT2D eigenvalue weighted by Gasteiger charge is -2.10. The molecule has 2 rings (SSSR count). The maximum Gasteiger partial charge on any atom is 0.138 e. The largest absolute Gasteiger partial charge is 0.487 e. The van der Waals surface area contributed by atoms with Crippen molar-refractivity contribution in [1.29, 1.82) is 0 Å². The van der Waals surface area contributed by atoms with Crippen LogP contribution in [0.15, 0.2) is 34.1 Å². The average Bonchev–Trinajstić information content (AvgIpc) is 2.73. The summed E-state index contributed by atoms with van der Waals surface area (Å²) in [4.78, 5) is 1.12. The van der Waals surface area contributed by atoms with Gasteiger partial charge in [-0.3, -0.25) is 0 Å². The van der Waals surface area contributed by atoms with Crippen LogP contribution < -0.4 is 4.74 Å². The van der Waals surface area contributed by atoms with Gasteiger partial charge in [-0.05, 0) is 52.7 Å². The number of benzene rings is 1. The van der Waals surface area contributed by atoms with Crippen LogP contribution in [0.3, 0.4) is 0 Å². The second-order valence-corrected chi connectivity index (χ2v) is 6.82. The zero-order valence-corrected chi connectivity index (χ0v) is 12.8. The quantitative estimate of drug-likeness (QED) is 0.861. The third kappa shape index (κ3) is 3.48. The van der Waals surface area contributed by atoms with E-state index in [1.807, 2.05) is 18.2 Å². The molecule has 1 aromatic heterocycles. The van der Waals surface area contributed by atoms with E-state index in [9.17, 15) is 5.11 Å². The van der Waals surface area contributed by atoms with E-state index in [1.54, 1.807) is 30.4 Å². The summed E-state index contributed by atoms with van der Waals surface area (Å²) in [5.74, 6) is 0.630. The maximum absolute atomic E-state index is 9.45. The lowest BCUT2D eigenvalue weighted by molar-refractivity contribution is 0.199. The van der Waals surface area contributed by atoms with Crippen molar-refractivity contribution in [3.63, 3.8) is 0 Å². The summed E-state index contributed by atoms with van der Waals surface area (Å²) >= 11 is 11.1. The molecule has 0 unspecified atom stereocenters. The number of aliphatic hydroxyl groups is 1. The predicted octanol–water partition coefficient (Wildman–Crippen LogP) is 4.80. The zero-order valence-electron chi connectivity index (χ0n) is 9.69. The van der Waals surface area contributed by atoms with Crippen LogP contribution in [-0.2, 0) is 6.61 Å². The Morgan fingerprint density at radius 3 is 2.72 bits per heavy atom. The summed E-state index contributed by atoms with van der Waals surface area (Å²) < 4.78 is 6.73. The van der Waals surface area contributed by atoms with Gasteiger partial charge in [0.05, 0.1) is 14.9 Å². The van der Waals surface area contributed by atoms with Gasteiger partial charge in [0.15, 0.2) is 0 Å². The summed E-state index contributed by atoms with van der Waals surface area (Å²) in [6.45, 7) is 2.19. The molecule has 0 radical (unpaired) electrons. The Balaban J connectivity index is 2.05. The molecule has 1 atom stereocenters. The van der Waals surface area contributed by atoms with Crippen molar-refractivity contribution in [2.75, 3.05) is 0 Å². The highest BCUT2D eigenvalue weighted by atomic mass is 79.9. The van der Waals surface area contributed by atoms with Crippen LogP contribution in [-0.4, -0.2) is 5.11 Å². The molecule has 18 heavy (non-hydrogen) atoms. The summed E-state index contributed by atoms with van der Waals surface area (Å²) in [6, 6.07) is 9.32. The molecule has 0 bridgehead atoms. The van der Waals surface area contributed by atoms with Gasteiger partial charge < -0.3 is 9.84 Å². The third-order valence-corrected chi connectivity index (χ3v) is 4.33. The van der Waals surface area contributed by atoms with Crippen LogP contribution in [0.4, 0.5) is 0 Å². The Kier molecular flexibility index (Phi) is 4.67. The minimum atomic E-state index is -0.523. The molecular weight excluding hydrogens is 336 g/mol. The van der Waals surface area contributed by atoms with Gasteiger partial charge in [0.2, 0.25) is 0 Å². The van der Waals surface area contributed by atoms with Crippen molar-refractivity contribution < 1.29 is 9.84 Å². The molecule has 0 aliphatic heterocycles. The Bertz CT molecular complexity index is 540. The molecule has 2 aromatic rings. The molecular formula is C13H12BrClO2S. The van der Waals surface area contributed by atoms with Gasteiger partial charge in [0.1, 0.15) is 12.4 Å². The van der Waals surface area contributed by atoms with Gasteiger partial charge in [-0.15, -0.1) is 11.3 Å². The highest BCUT2D eigenvalue weighted by molar-refractivity contribution is 9.11. The van der Waals surface area contributed by atoms with Crippen LogP contribution in [0.2, 0.25) is 5.02 Å². The number of hydrogen-bond donors (Lipinski definition) is 1. The lowest BCUT2D eigenvalue weighted by atomic mass is 10.1. The lowest BCUT2D eigenvalue weighted by Crippen LogP contribution is -1.96. The van der Waals surface area contributed by atoms with E-state index in [2.05, 4.69) is 15.9 Å². The first kappa shape index (κ1) is 13.9. The van der Waals surface area contributed by atoms with E-state index >= 15 is 0 Å². The molecule has 5 heteroatoms. The van der Waals surface area contributed by atoms with Gasteiger partial charge in [-0.1, -0.05) is 17.7 Å². The fourth-order valence-corrected chi connectivity index (χ4v) is 3.11. The summed E-state index contributed by atoms with van der Waals surface area (Å²) in [5.41, 5.74) is 0.784. The van der Waals surface area contributed by atoms with Crippen molar-refractivity contribution in [2.24, 2.45) is 0 Å². The Morgan fingerprint density at radius 2 is 2.17 bits per heavy atom. The number of halogens is 2. The van der Waals surface area contributed by atoms with Gasteiger partial charge >= 0.3 is 0 Å². The van der Waals surface area contributed by atoms with Crippen LogP contribution >= 0.6 is 38.9 Å². The Labute approximate surface area is 123 Å². The van der Waals surface area contributed by atoms with E-state index in [1.165, 1.54) is 0 Å². The first-order chi connectivity index (χ1) is 8.56. The molecule has 1 N–H and O–H groups in total. The molecule has 0 fully saturated rings. The predicted molar refractivity (Wildman–Crippen MR) is 78.4 cm³/mol. The molecule has 0 aliphatic rings. The van der Waals surface area contributed by atoms with Crippen molar-refractivity contribution in [1.82, 2.24) is 0 Å². The summed E-state index contributed by atoms with van der Waals surface area (Å²) in [7, 11) is 0. The van der Waals surface area contributed by atoms with Crippen LogP contribution in [0.1, 0.15) is 23.5 Å². The topological polar surface area (TPSA) is 29.5 Å². The number of hydrogen-bond acceptors (Lipinski definition) is 3. The number of aliphatic hydroxyl groups excluding tert-OH is 1. The number of ether oxygens (including phenoxy) is 1. The van der Waals surface area contributed by atoms with Gasteiger partial charge in [-0.25, -0.2) is 0 Å². The van der Waals surface area contributed by atoms with Crippen molar-refractivity contribution in [3.8, 4) is 5.75 Å². The van der Waals surface area contributed by atoms with E-state index in [0.29, 0.717) is 17.4 Å². The highest BCUT2D eigenvalue weighted by Gasteiger charge is 2.07. The molecule has 0 aliphatic carbocycles. The summed E-state index contributed by atoms with van der Waals surface area (Å²) in [5, 5.41) is 9.96. The number of rotatable bonds is 4. The van der Waals surface area contributed by atoms with Crippen molar-refractivity contribution in [3.05, 3.63) is 49.6 Å². The van der Waals surface area contributed by atoms with Gasteiger partial charge in [-0.2, -0.15) is 0 Å². The monoisotopic (exact) mass is 346 g/mol. The minimum absolute atomic E-state index is 0.490. The summed E-state index contributed by atoms with van der Waals surface area (Å²) in [6.07, 6.45) is -0.523. The molecule has 1 aromatic carbocycles. The van der Waals surface area contributed by atoms with Crippen LogP contribution in [0.5, 0.6) is 5.75 Å². The van der Waals surface area contributed by atoms with E-state index in [4.69, 9.17) is 16.3 Å². The zero-order chi connectivity index (χ0) is 13.1. The van der Waals surface area contributed by atoms with Crippen molar-refractivity contribution >= 4 is 38.9 Å². The molecule has 0 spiro atoms. The minimum Gasteiger partial charge on any atom is -0.487 e. The second kappa shape index (κ2) is 6.06. The molecule has 1 heterocycles. The van der Waals surface area contributed by atoms with Gasteiger partial charge in [0, 0.05) is 4.88 Å². The molecule has 0 saturated heterocycles. The maximum atomic E-state index is 9.45. The fraction of sp³-hybridized carbons (Fsp3) is 0.231. The van der Waals surface area contributed by atoms with E-state index in [-0.39, 0.29) is 0 Å².